The smallest absolute Gasteiger partial charge is 0.137 e. The summed E-state index contributed by atoms with van der Waals surface area (Å²) < 4.78 is 5.16. The second-order valence-corrected chi connectivity index (χ2v) is 2.53. The molecule has 2 aromatic heterocycles. The summed E-state index contributed by atoms with van der Waals surface area (Å²) in [7, 11) is 0. The van der Waals surface area contributed by atoms with E-state index in [9.17, 15) is 0 Å². The average molecular weight is 204 g/mol. The predicted octanol–water partition coefficient (Wildman–Crippen LogP) is 2.99. The van der Waals surface area contributed by atoms with Crippen LogP contribution in [0.3, 0.4) is 0 Å². The molecule has 2 heterocycles. The molecule has 12 heavy (non-hydrogen) atoms. The molecule has 0 fully saturated rings. The lowest BCUT2D eigenvalue weighted by molar-refractivity contribution is 0.615. The zero-order valence-electron chi connectivity index (χ0n) is 6.16. The van der Waals surface area contributed by atoms with Crippen molar-refractivity contribution in [3.63, 3.8) is 0 Å². The lowest BCUT2D eigenvalue weighted by atomic mass is 10.3. The Kier molecular flexibility index (Phi) is 2.95. The summed E-state index contributed by atoms with van der Waals surface area (Å²) in [6, 6.07) is 3.72. The summed E-state index contributed by atoms with van der Waals surface area (Å²) in [5, 5.41) is 1.01. The van der Waals surface area contributed by atoms with E-state index < -0.39 is 0 Å². The Labute approximate surface area is 80.9 Å². The van der Waals surface area contributed by atoms with E-state index in [0.29, 0.717) is 5.88 Å². The van der Waals surface area contributed by atoms with Crippen LogP contribution in [0.1, 0.15) is 5.69 Å². The number of alkyl halides is 1. The van der Waals surface area contributed by atoms with Crippen LogP contribution in [0.25, 0.3) is 11.0 Å². The number of hydrogen-bond acceptors (Lipinski definition) is 2. The Balaban J connectivity index is 0.000000720. The first-order chi connectivity index (χ1) is 5.40. The van der Waals surface area contributed by atoms with E-state index in [2.05, 4.69) is 4.98 Å². The molecule has 0 saturated carbocycles. The van der Waals surface area contributed by atoms with E-state index in [1.165, 1.54) is 0 Å². The summed E-state index contributed by atoms with van der Waals surface area (Å²) in [6.45, 7) is 0. The third kappa shape index (κ3) is 1.54. The predicted molar refractivity (Wildman–Crippen MR) is 50.8 cm³/mol. The normalized spacial score (nSPS) is 9.75. The summed E-state index contributed by atoms with van der Waals surface area (Å²) in [4.78, 5) is 4.11. The lowest BCUT2D eigenvalue weighted by Gasteiger charge is -1.91. The van der Waals surface area contributed by atoms with Gasteiger partial charge in [-0.05, 0) is 6.07 Å². The van der Waals surface area contributed by atoms with E-state index >= 15 is 0 Å². The minimum atomic E-state index is 0. The van der Waals surface area contributed by atoms with Crippen molar-refractivity contribution in [1.82, 2.24) is 4.98 Å². The van der Waals surface area contributed by atoms with E-state index in [0.717, 1.165) is 16.7 Å². The third-order valence-electron chi connectivity index (χ3n) is 1.53. The van der Waals surface area contributed by atoms with E-state index in [1.807, 2.05) is 12.1 Å². The highest BCUT2D eigenvalue weighted by molar-refractivity contribution is 6.17. The molecule has 0 unspecified atom stereocenters. The first kappa shape index (κ1) is 9.36. The largest absolute Gasteiger partial charge is 0.464 e. The number of nitrogens with zero attached hydrogens (tertiary/aromatic N) is 1. The number of pyridine rings is 1. The van der Waals surface area contributed by atoms with Gasteiger partial charge < -0.3 is 4.42 Å². The fraction of sp³-hybridized carbons (Fsp3) is 0.125. The van der Waals surface area contributed by atoms with Gasteiger partial charge in [-0.25, -0.2) is 0 Å². The van der Waals surface area contributed by atoms with E-state index in [1.54, 1.807) is 12.5 Å². The van der Waals surface area contributed by atoms with Crippen molar-refractivity contribution in [1.29, 1.82) is 0 Å². The zero-order valence-corrected chi connectivity index (χ0v) is 7.73. The Morgan fingerprint density at radius 1 is 1.50 bits per heavy atom. The number of furan rings is 1. The molecule has 0 saturated heterocycles. The van der Waals surface area contributed by atoms with Crippen LogP contribution in [-0.2, 0) is 5.88 Å². The maximum atomic E-state index is 5.59. The van der Waals surface area contributed by atoms with Crippen molar-refractivity contribution in [2.75, 3.05) is 0 Å². The fourth-order valence-corrected chi connectivity index (χ4v) is 1.12. The molecule has 0 bridgehead atoms. The Morgan fingerprint density at radius 2 is 2.33 bits per heavy atom. The first-order valence-electron chi connectivity index (χ1n) is 3.28. The SMILES string of the molecule is Cl.ClCc1cc2occc2cn1. The minimum Gasteiger partial charge on any atom is -0.464 e. The Hall–Kier alpha value is -0.730. The third-order valence-corrected chi connectivity index (χ3v) is 1.81. The van der Waals surface area contributed by atoms with Gasteiger partial charge in [-0.15, -0.1) is 24.0 Å². The molecule has 64 valence electrons. The van der Waals surface area contributed by atoms with Crippen LogP contribution in [0.2, 0.25) is 0 Å². The molecule has 2 rings (SSSR count). The van der Waals surface area contributed by atoms with Crippen molar-refractivity contribution in [2.45, 2.75) is 5.88 Å². The van der Waals surface area contributed by atoms with Crippen LogP contribution in [0.4, 0.5) is 0 Å². The summed E-state index contributed by atoms with van der Waals surface area (Å²) in [5.41, 5.74) is 1.68. The topological polar surface area (TPSA) is 26.0 Å². The number of fused-ring (bicyclic) bond motifs is 1. The second kappa shape index (κ2) is 3.78. The minimum absolute atomic E-state index is 0. The fourth-order valence-electron chi connectivity index (χ4n) is 0.969. The van der Waals surface area contributed by atoms with Gasteiger partial charge in [0, 0.05) is 17.6 Å². The maximum Gasteiger partial charge on any atom is 0.137 e. The van der Waals surface area contributed by atoms with Gasteiger partial charge in [-0.2, -0.15) is 0 Å². The average Bonchev–Trinajstić information content (AvgIpc) is 2.50. The molecule has 0 amide bonds. The van der Waals surface area contributed by atoms with Gasteiger partial charge >= 0.3 is 0 Å². The molecular formula is C8H7Cl2NO. The van der Waals surface area contributed by atoms with E-state index in [-0.39, 0.29) is 12.4 Å². The van der Waals surface area contributed by atoms with Gasteiger partial charge in [0.2, 0.25) is 0 Å². The standard InChI is InChI=1S/C8H6ClNO.ClH/c9-4-7-3-8-6(5-10-7)1-2-11-8;/h1-3,5H,4H2;1H. The van der Waals surface area contributed by atoms with E-state index in [4.69, 9.17) is 16.0 Å². The van der Waals surface area contributed by atoms with Crippen LogP contribution in [0.15, 0.2) is 29.0 Å². The number of hydrogen-bond donors (Lipinski definition) is 0. The zero-order chi connectivity index (χ0) is 7.68. The molecule has 0 aliphatic heterocycles. The van der Waals surface area contributed by atoms with Gasteiger partial charge in [-0.1, -0.05) is 0 Å². The van der Waals surface area contributed by atoms with Crippen molar-refractivity contribution < 1.29 is 4.42 Å². The number of halogens is 2. The summed E-state index contributed by atoms with van der Waals surface area (Å²) in [5.74, 6) is 0.427. The van der Waals surface area contributed by atoms with Crippen molar-refractivity contribution >= 4 is 35.0 Å². The van der Waals surface area contributed by atoms with Crippen LogP contribution in [0.5, 0.6) is 0 Å². The molecule has 0 aromatic carbocycles. The van der Waals surface area contributed by atoms with Crippen molar-refractivity contribution in [3.05, 3.63) is 30.3 Å². The molecule has 2 nitrogen and oxygen atoms in total. The van der Waals surface area contributed by atoms with Crippen LogP contribution >= 0.6 is 24.0 Å². The highest BCUT2D eigenvalue weighted by Crippen LogP contribution is 2.15. The first-order valence-corrected chi connectivity index (χ1v) is 3.82. The number of rotatable bonds is 1. The van der Waals surface area contributed by atoms with Crippen LogP contribution in [0, 0.1) is 0 Å². The van der Waals surface area contributed by atoms with Gasteiger partial charge in [0.05, 0.1) is 17.8 Å². The molecule has 0 spiro atoms. The molecule has 0 atom stereocenters. The van der Waals surface area contributed by atoms with Crippen molar-refractivity contribution in [3.8, 4) is 0 Å². The molecule has 0 radical (unpaired) electrons. The quantitative estimate of drug-likeness (QED) is 0.667. The lowest BCUT2D eigenvalue weighted by Crippen LogP contribution is -1.81. The maximum absolute atomic E-state index is 5.59. The van der Waals surface area contributed by atoms with Gasteiger partial charge in [0.25, 0.3) is 0 Å². The Bertz CT molecular complexity index is 372. The van der Waals surface area contributed by atoms with Crippen LogP contribution in [-0.4, -0.2) is 4.98 Å². The second-order valence-electron chi connectivity index (χ2n) is 2.27. The highest BCUT2D eigenvalue weighted by atomic mass is 35.5. The molecule has 2 aromatic rings. The van der Waals surface area contributed by atoms with Gasteiger partial charge in [0.1, 0.15) is 5.58 Å². The monoisotopic (exact) mass is 203 g/mol. The van der Waals surface area contributed by atoms with Gasteiger partial charge in [-0.3, -0.25) is 4.98 Å². The van der Waals surface area contributed by atoms with Crippen molar-refractivity contribution in [2.24, 2.45) is 0 Å². The molecule has 4 heteroatoms. The van der Waals surface area contributed by atoms with Gasteiger partial charge in [0.15, 0.2) is 0 Å². The molecule has 0 N–H and O–H groups in total. The molecular weight excluding hydrogens is 197 g/mol. The highest BCUT2D eigenvalue weighted by Gasteiger charge is 1.97. The van der Waals surface area contributed by atoms with Crippen LogP contribution < -0.4 is 0 Å². The molecule has 0 aliphatic carbocycles. The summed E-state index contributed by atoms with van der Waals surface area (Å²) in [6.07, 6.45) is 3.40. The Morgan fingerprint density at radius 3 is 3.08 bits per heavy atom. The number of aromatic nitrogens is 1. The molecule has 0 aliphatic rings. The summed E-state index contributed by atoms with van der Waals surface area (Å²) >= 11 is 5.59.